The third-order valence-electron chi connectivity index (χ3n) is 3.60. The molecular formula is C9H16O. The van der Waals surface area contributed by atoms with Gasteiger partial charge in [-0.15, -0.1) is 0 Å². The van der Waals surface area contributed by atoms with Crippen LogP contribution in [0.3, 0.4) is 0 Å². The Bertz CT molecular complexity index is 136. The lowest BCUT2D eigenvalue weighted by molar-refractivity contribution is 0.184. The number of rotatable bonds is 2. The lowest BCUT2D eigenvalue weighted by Crippen LogP contribution is -2.25. The van der Waals surface area contributed by atoms with Crippen molar-refractivity contribution in [3.8, 4) is 0 Å². The molecule has 1 aliphatic heterocycles. The molecule has 0 N–H and O–H groups in total. The zero-order valence-corrected chi connectivity index (χ0v) is 7.11. The average Bonchev–Trinajstić information content (AvgIpc) is 2.73. The van der Waals surface area contributed by atoms with Gasteiger partial charge in [-0.1, -0.05) is 13.8 Å². The molecule has 58 valence electrons. The molecule has 0 spiro atoms. The molecule has 2 fully saturated rings. The van der Waals surface area contributed by atoms with E-state index in [9.17, 15) is 0 Å². The first-order valence-corrected chi connectivity index (χ1v) is 4.21. The Morgan fingerprint density at radius 2 is 1.80 bits per heavy atom. The molecule has 1 saturated carbocycles. The van der Waals surface area contributed by atoms with Gasteiger partial charge in [-0.3, -0.25) is 0 Å². The third kappa shape index (κ3) is 0.800. The summed E-state index contributed by atoms with van der Waals surface area (Å²) < 4.78 is 5.42. The van der Waals surface area contributed by atoms with E-state index in [0.29, 0.717) is 5.41 Å². The molecule has 0 bridgehead atoms. The van der Waals surface area contributed by atoms with Crippen LogP contribution in [0.1, 0.15) is 33.6 Å². The van der Waals surface area contributed by atoms with Crippen molar-refractivity contribution in [1.82, 2.24) is 0 Å². The molecule has 0 radical (unpaired) electrons. The second-order valence-corrected chi connectivity index (χ2v) is 4.48. The number of ether oxygens (including phenoxy) is 1. The molecule has 1 saturated heterocycles. The van der Waals surface area contributed by atoms with Crippen molar-refractivity contribution in [3.05, 3.63) is 0 Å². The summed E-state index contributed by atoms with van der Waals surface area (Å²) >= 11 is 0. The summed E-state index contributed by atoms with van der Waals surface area (Å²) in [6, 6.07) is 0. The summed E-state index contributed by atoms with van der Waals surface area (Å²) in [6.07, 6.45) is 2.82. The maximum absolute atomic E-state index is 5.42. The summed E-state index contributed by atoms with van der Waals surface area (Å²) in [6.45, 7) is 7.94. The van der Waals surface area contributed by atoms with E-state index in [1.165, 1.54) is 12.8 Å². The maximum Gasteiger partial charge on any atom is 0.0919 e. The van der Waals surface area contributed by atoms with Crippen molar-refractivity contribution in [3.63, 3.8) is 0 Å². The molecule has 2 unspecified atom stereocenters. The summed E-state index contributed by atoms with van der Waals surface area (Å²) in [5, 5.41) is 0. The number of hydrogen-bond donors (Lipinski definition) is 0. The first-order valence-electron chi connectivity index (χ1n) is 4.21. The van der Waals surface area contributed by atoms with E-state index in [1.807, 2.05) is 0 Å². The molecule has 2 atom stereocenters. The Kier molecular flexibility index (Phi) is 1.05. The van der Waals surface area contributed by atoms with Gasteiger partial charge in [0.05, 0.1) is 12.2 Å². The highest BCUT2D eigenvalue weighted by Gasteiger charge is 2.56. The third-order valence-corrected chi connectivity index (χ3v) is 3.60. The predicted octanol–water partition coefficient (Wildman–Crippen LogP) is 2.21. The molecule has 1 heterocycles. The first-order chi connectivity index (χ1) is 4.57. The minimum absolute atomic E-state index is 0.255. The minimum Gasteiger partial charge on any atom is -0.370 e. The van der Waals surface area contributed by atoms with E-state index in [2.05, 4.69) is 20.8 Å². The summed E-state index contributed by atoms with van der Waals surface area (Å²) in [4.78, 5) is 0. The highest BCUT2D eigenvalue weighted by molar-refractivity contribution is 5.05. The van der Waals surface area contributed by atoms with Crippen molar-refractivity contribution in [2.24, 2.45) is 11.3 Å². The van der Waals surface area contributed by atoms with E-state index < -0.39 is 0 Å². The van der Waals surface area contributed by atoms with Gasteiger partial charge in [-0.05, 0) is 31.1 Å². The van der Waals surface area contributed by atoms with Crippen molar-refractivity contribution in [2.45, 2.75) is 39.2 Å². The topological polar surface area (TPSA) is 12.5 Å². The second-order valence-electron chi connectivity index (χ2n) is 4.48. The zero-order chi connectivity index (χ0) is 7.41. The van der Waals surface area contributed by atoms with Crippen LogP contribution < -0.4 is 0 Å². The monoisotopic (exact) mass is 140 g/mol. The van der Waals surface area contributed by atoms with Gasteiger partial charge in [-0.25, -0.2) is 0 Å². The minimum atomic E-state index is 0.255. The van der Waals surface area contributed by atoms with Crippen LogP contribution in [-0.4, -0.2) is 12.2 Å². The Morgan fingerprint density at radius 3 is 2.10 bits per heavy atom. The van der Waals surface area contributed by atoms with Crippen molar-refractivity contribution in [1.29, 1.82) is 0 Å². The van der Waals surface area contributed by atoms with Crippen LogP contribution in [0.15, 0.2) is 0 Å². The maximum atomic E-state index is 5.42. The molecule has 10 heavy (non-hydrogen) atoms. The predicted molar refractivity (Wildman–Crippen MR) is 40.9 cm³/mol. The molecule has 1 aliphatic carbocycles. The molecule has 1 nitrogen and oxygen atoms in total. The quantitative estimate of drug-likeness (QED) is 0.536. The van der Waals surface area contributed by atoms with E-state index in [-0.39, 0.29) is 5.60 Å². The fourth-order valence-corrected chi connectivity index (χ4v) is 1.73. The molecule has 2 aliphatic rings. The molecule has 0 aromatic heterocycles. The molecular weight excluding hydrogens is 124 g/mol. The standard InChI is InChI=1S/C9H16O/c1-7(8(2)4-5-8)9(3)6-10-9/h7H,4-6H2,1-3H3. The Balaban J connectivity index is 2.04. The molecule has 0 aromatic rings. The van der Waals surface area contributed by atoms with E-state index >= 15 is 0 Å². The molecule has 0 amide bonds. The number of hydrogen-bond acceptors (Lipinski definition) is 1. The smallest absolute Gasteiger partial charge is 0.0919 e. The van der Waals surface area contributed by atoms with Crippen LogP contribution >= 0.6 is 0 Å². The van der Waals surface area contributed by atoms with Crippen LogP contribution in [0.25, 0.3) is 0 Å². The largest absolute Gasteiger partial charge is 0.370 e. The van der Waals surface area contributed by atoms with Gasteiger partial charge in [0.25, 0.3) is 0 Å². The van der Waals surface area contributed by atoms with Crippen molar-refractivity contribution in [2.75, 3.05) is 6.61 Å². The van der Waals surface area contributed by atoms with Crippen LogP contribution in [0.4, 0.5) is 0 Å². The van der Waals surface area contributed by atoms with E-state index in [4.69, 9.17) is 4.74 Å². The van der Waals surface area contributed by atoms with Crippen molar-refractivity contribution < 1.29 is 4.74 Å². The highest BCUT2D eigenvalue weighted by atomic mass is 16.6. The lowest BCUT2D eigenvalue weighted by atomic mass is 9.83. The van der Waals surface area contributed by atoms with Gasteiger partial charge in [0.1, 0.15) is 0 Å². The SMILES string of the molecule is CC(C1(C)CC1)C1(C)CO1. The van der Waals surface area contributed by atoms with Crippen LogP contribution in [0.2, 0.25) is 0 Å². The van der Waals surface area contributed by atoms with Gasteiger partial charge in [0, 0.05) is 0 Å². The van der Waals surface area contributed by atoms with Gasteiger partial charge in [0.2, 0.25) is 0 Å². The van der Waals surface area contributed by atoms with E-state index in [0.717, 1.165) is 12.5 Å². The summed E-state index contributed by atoms with van der Waals surface area (Å²) in [5.74, 6) is 0.764. The number of epoxide rings is 1. The van der Waals surface area contributed by atoms with Gasteiger partial charge >= 0.3 is 0 Å². The van der Waals surface area contributed by atoms with Crippen LogP contribution in [0, 0.1) is 11.3 Å². The summed E-state index contributed by atoms with van der Waals surface area (Å²) in [5.41, 5.74) is 0.885. The highest BCUT2D eigenvalue weighted by Crippen LogP contribution is 2.58. The zero-order valence-electron chi connectivity index (χ0n) is 7.11. The molecule has 2 rings (SSSR count). The van der Waals surface area contributed by atoms with Gasteiger partial charge in [0.15, 0.2) is 0 Å². The lowest BCUT2D eigenvalue weighted by Gasteiger charge is -2.22. The van der Waals surface area contributed by atoms with E-state index in [1.54, 1.807) is 0 Å². The van der Waals surface area contributed by atoms with Gasteiger partial charge in [-0.2, -0.15) is 0 Å². The van der Waals surface area contributed by atoms with Crippen molar-refractivity contribution >= 4 is 0 Å². The fourth-order valence-electron chi connectivity index (χ4n) is 1.73. The van der Waals surface area contributed by atoms with Gasteiger partial charge < -0.3 is 4.74 Å². The van der Waals surface area contributed by atoms with Crippen LogP contribution in [-0.2, 0) is 4.74 Å². The Morgan fingerprint density at radius 1 is 1.30 bits per heavy atom. The molecule has 1 heteroatoms. The Hall–Kier alpha value is -0.0400. The summed E-state index contributed by atoms with van der Waals surface area (Å²) in [7, 11) is 0. The van der Waals surface area contributed by atoms with Crippen LogP contribution in [0.5, 0.6) is 0 Å². The second kappa shape index (κ2) is 1.58. The average molecular weight is 140 g/mol. The normalized spacial score (nSPS) is 44.7. The molecule has 0 aromatic carbocycles. The fraction of sp³-hybridized carbons (Fsp3) is 1.00. The Labute approximate surface area is 62.8 Å². The first kappa shape index (κ1) is 6.66.